The molecule has 0 spiro atoms. The van der Waals surface area contributed by atoms with Crippen molar-refractivity contribution in [2.45, 2.75) is 6.42 Å². The number of benzene rings is 5. The van der Waals surface area contributed by atoms with E-state index in [4.69, 9.17) is 20.9 Å². The van der Waals surface area contributed by atoms with Gasteiger partial charge in [0.15, 0.2) is 0 Å². The highest BCUT2D eigenvalue weighted by Gasteiger charge is 2.23. The molecule has 0 aromatic heterocycles. The third-order valence-corrected chi connectivity index (χ3v) is 6.55. The summed E-state index contributed by atoms with van der Waals surface area (Å²) in [7, 11) is 0. The van der Waals surface area contributed by atoms with E-state index in [1.165, 1.54) is 11.1 Å². The molecule has 1 aliphatic carbocycles. The number of nitrogens with one attached hydrogen (secondary N) is 2. The van der Waals surface area contributed by atoms with Crippen LogP contribution in [-0.2, 0) is 6.42 Å². The number of hydrogen-bond acceptors (Lipinski definition) is 6. The number of fused-ring (bicyclic) bond motifs is 3. The molecule has 0 aliphatic heterocycles. The van der Waals surface area contributed by atoms with Gasteiger partial charge < -0.3 is 20.9 Å². The number of ether oxygens (including phenoxy) is 2. The molecule has 0 fully saturated rings. The average molecular weight is 515 g/mol. The fourth-order valence-corrected chi connectivity index (χ4v) is 4.78. The van der Waals surface area contributed by atoms with E-state index >= 15 is 0 Å². The van der Waals surface area contributed by atoms with E-state index in [1.54, 1.807) is 66.7 Å². The van der Waals surface area contributed by atoms with Gasteiger partial charge in [-0.3, -0.25) is 15.6 Å². The molecule has 0 saturated carbocycles. The van der Waals surface area contributed by atoms with Gasteiger partial charge in [0.1, 0.15) is 28.6 Å². The van der Waals surface area contributed by atoms with Gasteiger partial charge in [0, 0.05) is 29.9 Å². The van der Waals surface area contributed by atoms with Crippen LogP contribution in [0.15, 0.2) is 109 Å². The van der Waals surface area contributed by atoms with Gasteiger partial charge in [0.2, 0.25) is 0 Å². The highest BCUT2D eigenvalue weighted by atomic mass is 16.5. The molecule has 7 heteroatoms. The quantitative estimate of drug-likeness (QED) is 0.138. The van der Waals surface area contributed by atoms with Crippen LogP contribution in [0.2, 0.25) is 0 Å². The van der Waals surface area contributed by atoms with Crippen molar-refractivity contribution in [3.63, 3.8) is 0 Å². The fourth-order valence-electron chi connectivity index (χ4n) is 4.78. The zero-order valence-corrected chi connectivity index (χ0v) is 21.0. The Bertz CT molecular complexity index is 1630. The molecule has 7 nitrogen and oxygen atoms in total. The predicted molar refractivity (Wildman–Crippen MR) is 154 cm³/mol. The highest BCUT2D eigenvalue weighted by Crippen LogP contribution is 2.40. The van der Waals surface area contributed by atoms with Gasteiger partial charge >= 0.3 is 0 Å². The van der Waals surface area contributed by atoms with Crippen molar-refractivity contribution in [2.75, 3.05) is 16.9 Å². The minimum atomic E-state index is -0.429. The van der Waals surface area contributed by atoms with Gasteiger partial charge in [0.25, 0.3) is 5.91 Å². The largest absolute Gasteiger partial charge is 0.456 e. The van der Waals surface area contributed by atoms with Crippen LogP contribution in [0, 0.1) is 0 Å². The maximum Gasteiger partial charge on any atom is 0.277 e. The number of rotatable bonds is 7. The molecule has 5 aromatic rings. The first-order valence-electron chi connectivity index (χ1n) is 12.5. The lowest BCUT2D eigenvalue weighted by atomic mass is 10.1. The molecule has 5 aromatic carbocycles. The van der Waals surface area contributed by atoms with Gasteiger partial charge in [-0.25, -0.2) is 0 Å². The smallest absolute Gasteiger partial charge is 0.277 e. The number of hydrogen-bond donors (Lipinski definition) is 4. The maximum absolute atomic E-state index is 13.7. The fraction of sp³-hybridized carbons (Fsp3) is 0.0312. The molecule has 39 heavy (non-hydrogen) atoms. The van der Waals surface area contributed by atoms with Crippen LogP contribution in [0.4, 0.5) is 17.1 Å². The predicted octanol–water partition coefficient (Wildman–Crippen LogP) is 6.76. The Morgan fingerprint density at radius 1 is 0.667 bits per heavy atom. The van der Waals surface area contributed by atoms with Gasteiger partial charge in [-0.15, -0.1) is 0 Å². The van der Waals surface area contributed by atoms with Crippen LogP contribution >= 0.6 is 0 Å². The van der Waals surface area contributed by atoms with Gasteiger partial charge in [-0.2, -0.15) is 0 Å². The summed E-state index contributed by atoms with van der Waals surface area (Å²) < 4.78 is 12.2. The molecule has 1 aliphatic rings. The first kappa shape index (κ1) is 23.9. The monoisotopic (exact) mass is 514 g/mol. The molecule has 0 unspecified atom stereocenters. The van der Waals surface area contributed by atoms with Crippen molar-refractivity contribution >= 4 is 23.0 Å². The third-order valence-electron chi connectivity index (χ3n) is 6.55. The Kier molecular flexibility index (Phi) is 6.23. The Hall–Kier alpha value is -5.43. The van der Waals surface area contributed by atoms with Crippen molar-refractivity contribution in [1.29, 1.82) is 0 Å². The summed E-state index contributed by atoms with van der Waals surface area (Å²) in [5.74, 6) is 1.19. The Balaban J connectivity index is 1.31. The molecular weight excluding hydrogens is 488 g/mol. The van der Waals surface area contributed by atoms with Crippen LogP contribution in [0.1, 0.15) is 21.5 Å². The van der Waals surface area contributed by atoms with Crippen LogP contribution in [0.3, 0.4) is 0 Å². The number of nitrogen functional groups attached to an aromatic ring is 2. The summed E-state index contributed by atoms with van der Waals surface area (Å²) in [6.07, 6.45) is 0.781. The third kappa shape index (κ3) is 4.93. The highest BCUT2D eigenvalue weighted by molar-refractivity contribution is 6.00. The lowest BCUT2D eigenvalue weighted by molar-refractivity contribution is 0.0958. The Morgan fingerprint density at radius 3 is 1.92 bits per heavy atom. The summed E-state index contributed by atoms with van der Waals surface area (Å²) >= 11 is 0. The van der Waals surface area contributed by atoms with E-state index in [0.717, 1.165) is 23.2 Å². The van der Waals surface area contributed by atoms with E-state index in [2.05, 4.69) is 29.1 Å². The second kappa shape index (κ2) is 10.1. The first-order valence-corrected chi connectivity index (χ1v) is 12.5. The van der Waals surface area contributed by atoms with E-state index in [0.29, 0.717) is 34.4 Å². The lowest BCUT2D eigenvalue weighted by Crippen LogP contribution is -2.30. The number of anilines is 3. The summed E-state index contributed by atoms with van der Waals surface area (Å²) in [5, 5.41) is 0. The summed E-state index contributed by atoms with van der Waals surface area (Å²) in [6.45, 7) is 0. The number of carbonyl (C=O) groups excluding carboxylic acids is 1. The minimum absolute atomic E-state index is 0.214. The molecule has 6 rings (SSSR count). The first-order chi connectivity index (χ1) is 19.0. The van der Waals surface area contributed by atoms with Crippen molar-refractivity contribution in [1.82, 2.24) is 5.43 Å². The van der Waals surface area contributed by atoms with E-state index in [1.807, 2.05) is 24.3 Å². The van der Waals surface area contributed by atoms with E-state index in [9.17, 15) is 4.79 Å². The van der Waals surface area contributed by atoms with Crippen molar-refractivity contribution in [2.24, 2.45) is 0 Å². The summed E-state index contributed by atoms with van der Waals surface area (Å²) in [4.78, 5) is 13.7. The van der Waals surface area contributed by atoms with E-state index in [-0.39, 0.29) is 5.56 Å². The summed E-state index contributed by atoms with van der Waals surface area (Å²) in [5.41, 5.74) is 24.7. The van der Waals surface area contributed by atoms with Crippen molar-refractivity contribution in [3.8, 4) is 34.1 Å². The maximum atomic E-state index is 13.7. The zero-order chi connectivity index (χ0) is 26.8. The summed E-state index contributed by atoms with van der Waals surface area (Å²) in [6, 6.07) is 33.5. The van der Waals surface area contributed by atoms with Gasteiger partial charge in [-0.05, 0) is 64.7 Å². The normalized spacial score (nSPS) is 11.3. The topological polar surface area (TPSA) is 112 Å². The Morgan fingerprint density at radius 2 is 1.26 bits per heavy atom. The average Bonchev–Trinajstić information content (AvgIpc) is 3.31. The second-order valence-electron chi connectivity index (χ2n) is 9.22. The molecule has 0 saturated heterocycles. The van der Waals surface area contributed by atoms with Crippen LogP contribution in [-0.4, -0.2) is 5.91 Å². The molecule has 0 bridgehead atoms. The molecule has 192 valence electrons. The number of carbonyl (C=O) groups is 1. The number of hydrazine groups is 1. The second-order valence-corrected chi connectivity index (χ2v) is 9.22. The minimum Gasteiger partial charge on any atom is -0.456 e. The molecule has 6 N–H and O–H groups in total. The van der Waals surface area contributed by atoms with E-state index < -0.39 is 5.91 Å². The zero-order valence-electron chi connectivity index (χ0n) is 21.0. The Labute approximate surface area is 226 Å². The molecular formula is C32H26N4O3. The van der Waals surface area contributed by atoms with Crippen LogP contribution in [0.25, 0.3) is 11.1 Å². The number of nitrogens with two attached hydrogens (primary N) is 2. The van der Waals surface area contributed by atoms with Crippen LogP contribution < -0.4 is 31.8 Å². The molecule has 0 radical (unpaired) electrons. The van der Waals surface area contributed by atoms with Gasteiger partial charge in [-0.1, -0.05) is 54.6 Å². The standard InChI is InChI=1S/C32H26N4O3/c33-21-8-3-10-23(18-21)38-29-15-6-16-30(39-24-11-4-9-22(34)19-24)31(29)32(37)36-35-28-14-5-13-26-25-12-2-1-7-20(25)17-27(26)28/h1-16,18-19,35H,17,33-34H2,(H,36,37). The molecule has 1 amide bonds. The number of amides is 1. The molecule has 0 heterocycles. The molecule has 0 atom stereocenters. The van der Waals surface area contributed by atoms with Crippen LogP contribution in [0.5, 0.6) is 23.0 Å². The van der Waals surface area contributed by atoms with Crippen molar-refractivity contribution in [3.05, 3.63) is 126 Å². The van der Waals surface area contributed by atoms with Crippen molar-refractivity contribution < 1.29 is 14.3 Å². The van der Waals surface area contributed by atoms with Gasteiger partial charge in [0.05, 0.1) is 5.69 Å². The lowest BCUT2D eigenvalue weighted by Gasteiger charge is -2.18. The SMILES string of the molecule is Nc1cccc(Oc2cccc(Oc3cccc(N)c3)c2C(=O)NNc2cccc3c2Cc2ccccc2-3)c1.